The van der Waals surface area contributed by atoms with Crippen molar-refractivity contribution in [3.05, 3.63) is 30.9 Å². The van der Waals surface area contributed by atoms with Gasteiger partial charge in [-0.1, -0.05) is 84.1 Å². The lowest BCUT2D eigenvalue weighted by Crippen LogP contribution is -2.24. The fourth-order valence-corrected chi connectivity index (χ4v) is 3.79. The Hall–Kier alpha value is -1.71. The summed E-state index contributed by atoms with van der Waals surface area (Å²) in [6, 6.07) is 0. The van der Waals surface area contributed by atoms with Crippen molar-refractivity contribution < 1.29 is 32.1 Å². The van der Waals surface area contributed by atoms with Crippen LogP contribution in [0.5, 0.6) is 0 Å². The lowest BCUT2D eigenvalue weighted by atomic mass is 10.1. The first-order valence-electron chi connectivity index (χ1n) is 12.1. The molecule has 1 aromatic heterocycles. The molecule has 8 nitrogen and oxygen atoms in total. The highest BCUT2D eigenvalue weighted by atomic mass is 32.2. The van der Waals surface area contributed by atoms with Crippen LogP contribution < -0.4 is 4.57 Å². The van der Waals surface area contributed by atoms with Crippen LogP contribution in [0.2, 0.25) is 0 Å². The van der Waals surface area contributed by atoms with Crippen LogP contribution in [-0.2, 0) is 37.6 Å². The third-order valence-electron chi connectivity index (χ3n) is 5.12. The van der Waals surface area contributed by atoms with E-state index in [1.54, 1.807) is 6.92 Å². The summed E-state index contributed by atoms with van der Waals surface area (Å²) in [6.07, 6.45) is 20.1. The molecule has 0 fully saturated rings. The maximum atomic E-state index is 11.0. The van der Waals surface area contributed by atoms with Crippen LogP contribution in [0.25, 0.3) is 0 Å². The van der Waals surface area contributed by atoms with Gasteiger partial charge >= 0.3 is 5.97 Å². The zero-order chi connectivity index (χ0) is 25.0. The first kappa shape index (κ1) is 31.3. The molecule has 0 unspecified atom stereocenters. The largest absolute Gasteiger partial charge is 0.458 e. The molecule has 1 heterocycles. The Balaban J connectivity index is 0.000000647. The third kappa shape index (κ3) is 19.5. The van der Waals surface area contributed by atoms with Crippen LogP contribution in [0.4, 0.5) is 0 Å². The quantitative estimate of drug-likeness (QED) is 0.0783. The highest BCUT2D eigenvalue weighted by Gasteiger charge is 2.09. The highest BCUT2D eigenvalue weighted by molar-refractivity contribution is 7.86. The van der Waals surface area contributed by atoms with Gasteiger partial charge in [0.1, 0.15) is 25.5 Å². The van der Waals surface area contributed by atoms with Crippen molar-refractivity contribution >= 4 is 16.1 Å². The summed E-state index contributed by atoms with van der Waals surface area (Å²) in [5, 5.41) is 8.08. The van der Waals surface area contributed by atoms with E-state index in [9.17, 15) is 13.2 Å². The minimum Gasteiger partial charge on any atom is -0.458 e. The second-order valence-corrected chi connectivity index (χ2v) is 10.1. The van der Waals surface area contributed by atoms with Gasteiger partial charge in [0.2, 0.25) is 6.33 Å². The highest BCUT2D eigenvalue weighted by Crippen LogP contribution is 2.12. The molecular formula is C24H45N2O6S+. The van der Waals surface area contributed by atoms with Gasteiger partial charge in [-0.2, -0.15) is 8.42 Å². The average Bonchev–Trinajstić information content (AvgIpc) is 3.19. The molecule has 0 spiro atoms. The van der Waals surface area contributed by atoms with Crippen molar-refractivity contribution in [3.63, 3.8) is 0 Å². The molecule has 0 aromatic carbocycles. The van der Waals surface area contributed by atoms with Gasteiger partial charge in [-0.15, -0.1) is 4.33 Å². The average molecular weight is 490 g/mol. The van der Waals surface area contributed by atoms with Crippen molar-refractivity contribution in [1.82, 2.24) is 4.57 Å². The molecule has 0 aliphatic carbocycles. The summed E-state index contributed by atoms with van der Waals surface area (Å²) in [4.78, 5) is 11.0. The van der Waals surface area contributed by atoms with E-state index in [1.165, 1.54) is 57.8 Å². The van der Waals surface area contributed by atoms with Crippen LogP contribution in [-0.4, -0.2) is 36.6 Å². The summed E-state index contributed by atoms with van der Waals surface area (Å²) >= 11 is 0. The Morgan fingerprint density at radius 2 is 1.52 bits per heavy atom. The summed E-state index contributed by atoms with van der Waals surface area (Å²) in [6.45, 7) is 8.41. The number of ether oxygens (including phenoxy) is 1. The van der Waals surface area contributed by atoms with Gasteiger partial charge in [0.15, 0.2) is 0 Å². The van der Waals surface area contributed by atoms with Crippen molar-refractivity contribution in [3.8, 4) is 0 Å². The van der Waals surface area contributed by atoms with Gasteiger partial charge < -0.3 is 4.74 Å². The summed E-state index contributed by atoms with van der Waals surface area (Å²) in [5.74, 6) is -0.414. The lowest BCUT2D eigenvalue weighted by molar-refractivity contribution is -0.671. The second-order valence-electron chi connectivity index (χ2n) is 8.46. The second kappa shape index (κ2) is 19.7. The number of carbonyl (C=O) groups is 1. The van der Waals surface area contributed by atoms with E-state index in [0.29, 0.717) is 25.1 Å². The number of esters is 1. The fourth-order valence-electron chi connectivity index (χ4n) is 3.16. The number of hydrogen-bond acceptors (Lipinski definition) is 6. The molecule has 0 atom stereocenters. The van der Waals surface area contributed by atoms with E-state index in [0.717, 1.165) is 12.8 Å². The molecule has 1 N–H and O–H groups in total. The number of aryl methyl sites for hydroxylation is 1. The molecule has 0 saturated carbocycles. The van der Waals surface area contributed by atoms with E-state index in [-0.39, 0.29) is 11.7 Å². The molecule has 9 heteroatoms. The third-order valence-corrected chi connectivity index (χ3v) is 6.13. The first-order chi connectivity index (χ1) is 15.7. The van der Waals surface area contributed by atoms with Gasteiger partial charge in [-0.3, -0.25) is 0 Å². The molecular weight excluding hydrogens is 444 g/mol. The fraction of sp³-hybridized carbons (Fsp3) is 0.750. The van der Waals surface area contributed by atoms with Gasteiger partial charge in [0.25, 0.3) is 10.1 Å². The van der Waals surface area contributed by atoms with E-state index < -0.39 is 10.1 Å². The van der Waals surface area contributed by atoms with Crippen molar-refractivity contribution in [1.29, 1.82) is 0 Å². The number of unbranched alkanes of at least 4 members (excludes halogenated alkanes) is 11. The van der Waals surface area contributed by atoms with E-state index in [2.05, 4.69) is 17.8 Å². The molecule has 0 saturated heterocycles. The number of carbonyl (C=O) groups excluding carboxylic acids is 1. The van der Waals surface area contributed by atoms with Gasteiger partial charge in [-0.05, 0) is 13.3 Å². The SMILES string of the molecule is C=C(C)C(=O)OCCn1cc[n+](C)c1.CCCCCCCCCCCCCCS(=O)(=O)OO. The standard InChI is InChI=1S/C14H30O4S.C10H15N2O2/c1-2-3-4-5-6-7-8-9-10-11-12-13-14-19(16,17)18-15;1-9(2)10(13)14-7-6-12-5-4-11(3)8-12/h15H,2-14H2,1H3;4-5,8H,1,6-7H2,2-3H3/q;+1. The first-order valence-corrected chi connectivity index (χ1v) is 13.7. The molecule has 0 aliphatic heterocycles. The molecule has 0 aliphatic rings. The zero-order valence-electron chi connectivity index (χ0n) is 20.8. The Kier molecular flexibility index (Phi) is 18.7. The summed E-state index contributed by atoms with van der Waals surface area (Å²) < 4.78 is 33.9. The van der Waals surface area contributed by atoms with Gasteiger partial charge in [-0.25, -0.2) is 19.2 Å². The van der Waals surface area contributed by atoms with Crippen LogP contribution >= 0.6 is 0 Å². The molecule has 0 amide bonds. The summed E-state index contributed by atoms with van der Waals surface area (Å²) in [5.41, 5.74) is 0.433. The Morgan fingerprint density at radius 3 is 1.94 bits per heavy atom. The maximum Gasteiger partial charge on any atom is 0.333 e. The van der Waals surface area contributed by atoms with Crippen molar-refractivity contribution in [2.24, 2.45) is 7.05 Å². The molecule has 0 bridgehead atoms. The van der Waals surface area contributed by atoms with E-state index in [1.807, 2.05) is 34.9 Å². The number of nitrogens with zero attached hydrogens (tertiary/aromatic N) is 2. The molecule has 33 heavy (non-hydrogen) atoms. The minimum atomic E-state index is -3.68. The number of imidazole rings is 1. The van der Waals surface area contributed by atoms with E-state index in [4.69, 9.17) is 9.99 Å². The zero-order valence-corrected chi connectivity index (χ0v) is 21.7. The van der Waals surface area contributed by atoms with Crippen LogP contribution in [0, 0.1) is 0 Å². The van der Waals surface area contributed by atoms with Crippen LogP contribution in [0.3, 0.4) is 0 Å². The Labute approximate surface area is 200 Å². The van der Waals surface area contributed by atoms with E-state index >= 15 is 0 Å². The van der Waals surface area contributed by atoms with Crippen molar-refractivity contribution in [2.45, 2.75) is 97.4 Å². The Bertz CT molecular complexity index is 746. The smallest absolute Gasteiger partial charge is 0.333 e. The van der Waals surface area contributed by atoms with Gasteiger partial charge in [0.05, 0.1) is 12.8 Å². The predicted molar refractivity (Wildman–Crippen MR) is 130 cm³/mol. The van der Waals surface area contributed by atoms with Crippen LogP contribution in [0.1, 0.15) is 90.9 Å². The predicted octanol–water partition coefficient (Wildman–Crippen LogP) is 4.94. The minimum absolute atomic E-state index is 0.0824. The molecule has 192 valence electrons. The van der Waals surface area contributed by atoms with Crippen molar-refractivity contribution in [2.75, 3.05) is 12.4 Å². The Morgan fingerprint density at radius 1 is 1.00 bits per heavy atom. The topological polar surface area (TPSA) is 98.7 Å². The number of hydrogen-bond donors (Lipinski definition) is 1. The monoisotopic (exact) mass is 489 g/mol. The molecule has 0 radical (unpaired) electrons. The number of rotatable bonds is 18. The van der Waals surface area contributed by atoms with Gasteiger partial charge in [0, 0.05) is 5.57 Å². The van der Waals surface area contributed by atoms with Crippen LogP contribution in [0.15, 0.2) is 30.9 Å². The lowest BCUT2D eigenvalue weighted by Gasteiger charge is -2.02. The number of aromatic nitrogens is 2. The molecule has 1 aromatic rings. The normalized spacial score (nSPS) is 11.0. The summed E-state index contributed by atoms with van der Waals surface area (Å²) in [7, 11) is -1.74. The maximum absolute atomic E-state index is 11.0. The molecule has 1 rings (SSSR count).